The Morgan fingerprint density at radius 2 is 2.27 bits per heavy atom. The molecule has 0 radical (unpaired) electrons. The molecule has 15 heavy (non-hydrogen) atoms. The van der Waals surface area contributed by atoms with E-state index in [0.29, 0.717) is 22.8 Å². The van der Waals surface area contributed by atoms with E-state index in [-0.39, 0.29) is 5.91 Å². The van der Waals surface area contributed by atoms with Gasteiger partial charge in [-0.15, -0.1) is 0 Å². The zero-order chi connectivity index (χ0) is 11.0. The molecule has 2 rings (SSSR count). The summed E-state index contributed by atoms with van der Waals surface area (Å²) in [5.74, 6) is 0.694. The Kier molecular flexibility index (Phi) is 2.28. The van der Waals surface area contributed by atoms with E-state index >= 15 is 0 Å². The topological polar surface area (TPSA) is 74.8 Å². The number of aromatic nitrogens is 4. The standard InChI is InChI=1S/C8H8ClN5O/c1-4-12-6-7(13-4)10-3-11-8(6)14(9)5(2)15/h3H,1-2H3,(H,10,11,12,13). The molecule has 0 aliphatic carbocycles. The normalized spacial score (nSPS) is 10.6. The summed E-state index contributed by atoms with van der Waals surface area (Å²) in [6.07, 6.45) is 1.32. The first-order valence-electron chi connectivity index (χ1n) is 4.23. The average Bonchev–Trinajstić information content (AvgIpc) is 2.56. The monoisotopic (exact) mass is 225 g/mol. The average molecular weight is 226 g/mol. The fraction of sp³-hybridized carbons (Fsp3) is 0.250. The van der Waals surface area contributed by atoms with Crippen LogP contribution in [-0.2, 0) is 4.79 Å². The summed E-state index contributed by atoms with van der Waals surface area (Å²) in [6, 6.07) is 0. The number of carbonyl (C=O) groups excluding carboxylic acids is 1. The van der Waals surface area contributed by atoms with Crippen LogP contribution in [0.15, 0.2) is 6.33 Å². The second kappa shape index (κ2) is 3.47. The number of H-pyrrole nitrogens is 1. The molecular formula is C8H8ClN5O. The minimum Gasteiger partial charge on any atom is -0.338 e. The summed E-state index contributed by atoms with van der Waals surface area (Å²) < 4.78 is 0.932. The molecule has 0 atom stereocenters. The lowest BCUT2D eigenvalue weighted by Crippen LogP contribution is -2.18. The van der Waals surface area contributed by atoms with Gasteiger partial charge in [-0.1, -0.05) is 0 Å². The van der Waals surface area contributed by atoms with E-state index in [1.807, 2.05) is 0 Å². The molecule has 2 aromatic heterocycles. The van der Waals surface area contributed by atoms with Crippen LogP contribution >= 0.6 is 11.8 Å². The van der Waals surface area contributed by atoms with Crippen LogP contribution in [0.3, 0.4) is 0 Å². The van der Waals surface area contributed by atoms with Crippen LogP contribution in [0.2, 0.25) is 0 Å². The van der Waals surface area contributed by atoms with Crippen molar-refractivity contribution in [3.8, 4) is 0 Å². The Balaban J connectivity index is 2.64. The first-order chi connectivity index (χ1) is 7.09. The van der Waals surface area contributed by atoms with Crippen LogP contribution in [0.5, 0.6) is 0 Å². The SMILES string of the molecule is CC(=O)N(Cl)c1ncnc2nc(C)[nH]c12. The van der Waals surface area contributed by atoms with E-state index < -0.39 is 0 Å². The highest BCUT2D eigenvalue weighted by molar-refractivity contribution is 6.37. The molecule has 2 aromatic rings. The van der Waals surface area contributed by atoms with Gasteiger partial charge in [-0.2, -0.15) is 0 Å². The number of fused-ring (bicyclic) bond motifs is 1. The summed E-state index contributed by atoms with van der Waals surface area (Å²) in [7, 11) is 0. The molecule has 78 valence electrons. The number of aromatic amines is 1. The molecule has 0 bridgehead atoms. The molecule has 0 aliphatic rings. The largest absolute Gasteiger partial charge is 0.338 e. The van der Waals surface area contributed by atoms with Crippen molar-refractivity contribution in [3.63, 3.8) is 0 Å². The first kappa shape index (κ1) is 9.85. The maximum atomic E-state index is 11.1. The summed E-state index contributed by atoms with van der Waals surface area (Å²) in [6.45, 7) is 3.14. The number of aryl methyl sites for hydroxylation is 1. The van der Waals surface area contributed by atoms with Gasteiger partial charge in [-0.3, -0.25) is 4.79 Å². The molecule has 0 saturated heterocycles. The van der Waals surface area contributed by atoms with Crippen LogP contribution in [0.1, 0.15) is 12.7 Å². The van der Waals surface area contributed by atoms with Gasteiger partial charge < -0.3 is 4.98 Å². The quantitative estimate of drug-likeness (QED) is 0.740. The number of halogens is 1. The molecule has 0 aliphatic heterocycles. The highest BCUT2D eigenvalue weighted by Crippen LogP contribution is 2.22. The minimum absolute atomic E-state index is 0.315. The third kappa shape index (κ3) is 1.63. The lowest BCUT2D eigenvalue weighted by Gasteiger charge is -2.09. The van der Waals surface area contributed by atoms with Crippen molar-refractivity contribution < 1.29 is 4.79 Å². The van der Waals surface area contributed by atoms with E-state index in [9.17, 15) is 4.79 Å². The molecule has 0 unspecified atom stereocenters. The van der Waals surface area contributed by atoms with Gasteiger partial charge in [0.15, 0.2) is 11.5 Å². The fourth-order valence-corrected chi connectivity index (χ4v) is 1.36. The lowest BCUT2D eigenvalue weighted by atomic mass is 10.5. The van der Waals surface area contributed by atoms with Gasteiger partial charge in [-0.05, 0) is 6.92 Å². The van der Waals surface area contributed by atoms with Gasteiger partial charge in [0.2, 0.25) is 5.91 Å². The molecule has 0 spiro atoms. The lowest BCUT2D eigenvalue weighted by molar-refractivity contribution is -0.115. The van der Waals surface area contributed by atoms with Gasteiger partial charge in [-0.25, -0.2) is 19.4 Å². The maximum absolute atomic E-state index is 11.1. The Morgan fingerprint density at radius 1 is 1.53 bits per heavy atom. The Hall–Kier alpha value is -1.69. The van der Waals surface area contributed by atoms with Crippen molar-refractivity contribution in [2.24, 2.45) is 0 Å². The van der Waals surface area contributed by atoms with Gasteiger partial charge >= 0.3 is 0 Å². The molecule has 0 saturated carbocycles. The molecule has 1 amide bonds. The number of hydrogen-bond donors (Lipinski definition) is 1. The highest BCUT2D eigenvalue weighted by Gasteiger charge is 2.16. The number of rotatable bonds is 1. The predicted molar refractivity (Wildman–Crippen MR) is 55.4 cm³/mol. The third-order valence-electron chi connectivity index (χ3n) is 1.85. The molecule has 0 fully saturated rings. The maximum Gasteiger partial charge on any atom is 0.239 e. The van der Waals surface area contributed by atoms with E-state index in [1.165, 1.54) is 13.3 Å². The van der Waals surface area contributed by atoms with Crippen LogP contribution in [-0.4, -0.2) is 25.8 Å². The third-order valence-corrected chi connectivity index (χ3v) is 2.25. The van der Waals surface area contributed by atoms with Crippen molar-refractivity contribution >= 4 is 34.7 Å². The van der Waals surface area contributed by atoms with Gasteiger partial charge in [0.05, 0.1) is 0 Å². The Bertz CT molecular complexity index is 523. The van der Waals surface area contributed by atoms with Crippen molar-refractivity contribution in [1.82, 2.24) is 19.9 Å². The van der Waals surface area contributed by atoms with E-state index in [2.05, 4.69) is 19.9 Å². The van der Waals surface area contributed by atoms with Crippen molar-refractivity contribution in [2.75, 3.05) is 4.42 Å². The number of carbonyl (C=O) groups is 1. The van der Waals surface area contributed by atoms with E-state index in [4.69, 9.17) is 11.8 Å². The number of amides is 1. The molecule has 6 nitrogen and oxygen atoms in total. The molecule has 2 heterocycles. The van der Waals surface area contributed by atoms with Crippen LogP contribution in [0.4, 0.5) is 5.82 Å². The second-order valence-corrected chi connectivity index (χ2v) is 3.36. The van der Waals surface area contributed by atoms with Crippen LogP contribution in [0, 0.1) is 6.92 Å². The predicted octanol–water partition coefficient (Wildman–Crippen LogP) is 1.17. The number of nitrogens with zero attached hydrogens (tertiary/aromatic N) is 4. The van der Waals surface area contributed by atoms with E-state index in [1.54, 1.807) is 6.92 Å². The van der Waals surface area contributed by atoms with Crippen LogP contribution < -0.4 is 4.42 Å². The van der Waals surface area contributed by atoms with Gasteiger partial charge in [0, 0.05) is 18.7 Å². The number of hydrogen-bond acceptors (Lipinski definition) is 4. The summed E-state index contributed by atoms with van der Waals surface area (Å²) in [4.78, 5) is 26.0. The summed E-state index contributed by atoms with van der Waals surface area (Å²) in [5, 5.41) is 0. The van der Waals surface area contributed by atoms with Crippen molar-refractivity contribution in [2.45, 2.75) is 13.8 Å². The summed E-state index contributed by atoms with van der Waals surface area (Å²) in [5.41, 5.74) is 1.05. The number of imidazole rings is 1. The second-order valence-electron chi connectivity index (χ2n) is 3.02. The smallest absolute Gasteiger partial charge is 0.239 e. The first-order valence-corrected chi connectivity index (χ1v) is 4.57. The molecular weight excluding hydrogens is 218 g/mol. The number of nitrogens with one attached hydrogen (secondary N) is 1. The van der Waals surface area contributed by atoms with E-state index in [0.717, 1.165) is 4.42 Å². The van der Waals surface area contributed by atoms with Crippen molar-refractivity contribution in [1.29, 1.82) is 0 Å². The number of anilines is 1. The molecule has 0 aromatic carbocycles. The molecule has 7 heteroatoms. The zero-order valence-electron chi connectivity index (χ0n) is 8.15. The van der Waals surface area contributed by atoms with Crippen molar-refractivity contribution in [3.05, 3.63) is 12.2 Å². The zero-order valence-corrected chi connectivity index (χ0v) is 8.91. The van der Waals surface area contributed by atoms with Gasteiger partial charge in [0.25, 0.3) is 0 Å². The fourth-order valence-electron chi connectivity index (χ4n) is 1.23. The highest BCUT2D eigenvalue weighted by atomic mass is 35.5. The van der Waals surface area contributed by atoms with Crippen LogP contribution in [0.25, 0.3) is 11.2 Å². The molecule has 1 N–H and O–H groups in total. The van der Waals surface area contributed by atoms with Gasteiger partial charge in [0.1, 0.15) is 17.7 Å². The summed E-state index contributed by atoms with van der Waals surface area (Å²) >= 11 is 5.78. The Labute approximate surface area is 90.4 Å². The minimum atomic E-state index is -0.316. The Morgan fingerprint density at radius 3 is 2.93 bits per heavy atom.